The van der Waals surface area contributed by atoms with Gasteiger partial charge in [-0.15, -0.1) is 0 Å². The zero-order valence-electron chi connectivity index (χ0n) is 7.32. The molecule has 3 nitrogen and oxygen atoms in total. The van der Waals surface area contributed by atoms with Gasteiger partial charge in [0.1, 0.15) is 0 Å². The van der Waals surface area contributed by atoms with E-state index >= 15 is 0 Å². The Labute approximate surface area is 76.4 Å². The minimum atomic E-state index is -0.457. The first-order chi connectivity index (χ1) is 5.65. The number of aliphatic hydroxyl groups excluding tert-OH is 1. The summed E-state index contributed by atoms with van der Waals surface area (Å²) in [6, 6.07) is 1.90. The van der Waals surface area contributed by atoms with E-state index in [0.717, 1.165) is 10.6 Å². The van der Waals surface area contributed by atoms with Crippen molar-refractivity contribution in [3.63, 3.8) is 0 Å². The minimum Gasteiger partial charge on any atom is -0.387 e. The summed E-state index contributed by atoms with van der Waals surface area (Å²) < 4.78 is 4.10. The zero-order chi connectivity index (χ0) is 9.14. The van der Waals surface area contributed by atoms with Crippen molar-refractivity contribution >= 4 is 11.5 Å². The van der Waals surface area contributed by atoms with E-state index in [4.69, 9.17) is 5.73 Å². The first kappa shape index (κ1) is 9.64. The van der Waals surface area contributed by atoms with Crippen LogP contribution in [-0.4, -0.2) is 16.0 Å². The Hall–Kier alpha value is -0.450. The van der Waals surface area contributed by atoms with Gasteiger partial charge in [-0.25, -0.2) is 0 Å². The van der Waals surface area contributed by atoms with Gasteiger partial charge < -0.3 is 10.8 Å². The second-order valence-corrected chi connectivity index (χ2v) is 3.87. The van der Waals surface area contributed by atoms with Crippen molar-refractivity contribution in [1.29, 1.82) is 0 Å². The highest BCUT2D eigenvalue weighted by Crippen LogP contribution is 2.24. The van der Waals surface area contributed by atoms with Crippen LogP contribution in [0.5, 0.6) is 0 Å². The molecule has 1 rings (SSSR count). The Kier molecular flexibility index (Phi) is 3.20. The van der Waals surface area contributed by atoms with Crippen molar-refractivity contribution in [2.24, 2.45) is 11.7 Å². The maximum Gasteiger partial charge on any atom is 0.0935 e. The first-order valence-corrected chi connectivity index (χ1v) is 4.74. The molecule has 0 amide bonds. The SMILES string of the molecule is Cc1cc(C(O)C(C)CN)sn1. The number of hydrogen-bond donors (Lipinski definition) is 2. The van der Waals surface area contributed by atoms with E-state index < -0.39 is 6.10 Å². The zero-order valence-corrected chi connectivity index (χ0v) is 8.14. The first-order valence-electron chi connectivity index (χ1n) is 3.96. The smallest absolute Gasteiger partial charge is 0.0935 e. The number of aromatic nitrogens is 1. The van der Waals surface area contributed by atoms with Crippen LogP contribution in [0.25, 0.3) is 0 Å². The topological polar surface area (TPSA) is 59.1 Å². The van der Waals surface area contributed by atoms with Gasteiger partial charge >= 0.3 is 0 Å². The Balaban J connectivity index is 2.70. The molecule has 0 aliphatic rings. The summed E-state index contributed by atoms with van der Waals surface area (Å²) >= 11 is 1.35. The largest absolute Gasteiger partial charge is 0.387 e. The van der Waals surface area contributed by atoms with E-state index in [1.165, 1.54) is 11.5 Å². The highest BCUT2D eigenvalue weighted by Gasteiger charge is 2.16. The van der Waals surface area contributed by atoms with E-state index in [2.05, 4.69) is 4.37 Å². The third-order valence-electron chi connectivity index (χ3n) is 1.85. The number of aryl methyl sites for hydroxylation is 1. The van der Waals surface area contributed by atoms with E-state index in [9.17, 15) is 5.11 Å². The second-order valence-electron chi connectivity index (χ2n) is 3.03. The van der Waals surface area contributed by atoms with Crippen molar-refractivity contribution in [2.45, 2.75) is 20.0 Å². The molecule has 2 atom stereocenters. The van der Waals surface area contributed by atoms with Crippen LogP contribution in [0.4, 0.5) is 0 Å². The van der Waals surface area contributed by atoms with Crippen molar-refractivity contribution in [3.05, 3.63) is 16.6 Å². The lowest BCUT2D eigenvalue weighted by atomic mass is 10.0. The maximum absolute atomic E-state index is 9.69. The molecule has 0 saturated heterocycles. The number of hydrogen-bond acceptors (Lipinski definition) is 4. The molecule has 0 aliphatic carbocycles. The molecule has 0 saturated carbocycles. The molecule has 1 heterocycles. The van der Waals surface area contributed by atoms with E-state index in [-0.39, 0.29) is 5.92 Å². The van der Waals surface area contributed by atoms with Gasteiger partial charge in [-0.1, -0.05) is 6.92 Å². The van der Waals surface area contributed by atoms with Gasteiger partial charge in [0.2, 0.25) is 0 Å². The van der Waals surface area contributed by atoms with Crippen LogP contribution in [0, 0.1) is 12.8 Å². The molecule has 1 aromatic heterocycles. The maximum atomic E-state index is 9.69. The van der Waals surface area contributed by atoms with E-state index in [1.54, 1.807) is 0 Å². The molecule has 4 heteroatoms. The van der Waals surface area contributed by atoms with Crippen molar-refractivity contribution < 1.29 is 5.11 Å². The average Bonchev–Trinajstić information content (AvgIpc) is 2.49. The standard InChI is InChI=1S/C8H14N2OS/c1-5(4-9)8(11)7-3-6(2)10-12-7/h3,5,8,11H,4,9H2,1-2H3. The molecule has 0 aliphatic heterocycles. The predicted octanol–water partition coefficient (Wildman–Crippen LogP) is 1.08. The molecule has 0 fully saturated rings. The van der Waals surface area contributed by atoms with Gasteiger partial charge in [0.05, 0.1) is 16.7 Å². The van der Waals surface area contributed by atoms with Gasteiger partial charge in [-0.05, 0) is 37.0 Å². The number of rotatable bonds is 3. The normalized spacial score (nSPS) is 16.0. The van der Waals surface area contributed by atoms with Crippen LogP contribution >= 0.6 is 11.5 Å². The van der Waals surface area contributed by atoms with Gasteiger partial charge in [0.15, 0.2) is 0 Å². The second kappa shape index (κ2) is 3.98. The fraction of sp³-hybridized carbons (Fsp3) is 0.625. The third-order valence-corrected chi connectivity index (χ3v) is 2.80. The molecule has 2 unspecified atom stereocenters. The van der Waals surface area contributed by atoms with Gasteiger partial charge in [-0.2, -0.15) is 4.37 Å². The summed E-state index contributed by atoms with van der Waals surface area (Å²) in [5.41, 5.74) is 6.40. The van der Waals surface area contributed by atoms with Crippen LogP contribution in [0.1, 0.15) is 23.6 Å². The quantitative estimate of drug-likeness (QED) is 0.742. The summed E-state index contributed by atoms with van der Waals surface area (Å²) in [6.45, 7) is 4.34. The Morgan fingerprint density at radius 2 is 2.42 bits per heavy atom. The van der Waals surface area contributed by atoms with Crippen LogP contribution < -0.4 is 5.73 Å². The van der Waals surface area contributed by atoms with E-state index in [1.807, 2.05) is 19.9 Å². The van der Waals surface area contributed by atoms with Crippen molar-refractivity contribution in [3.8, 4) is 0 Å². The Morgan fingerprint density at radius 3 is 2.83 bits per heavy atom. The van der Waals surface area contributed by atoms with Gasteiger partial charge in [0, 0.05) is 0 Å². The van der Waals surface area contributed by atoms with Crippen LogP contribution in [0.15, 0.2) is 6.07 Å². The van der Waals surface area contributed by atoms with Crippen LogP contribution in [-0.2, 0) is 0 Å². The third kappa shape index (κ3) is 2.03. The number of nitrogens with two attached hydrogens (primary N) is 1. The molecular formula is C8H14N2OS. The van der Waals surface area contributed by atoms with Crippen LogP contribution in [0.2, 0.25) is 0 Å². The summed E-state index contributed by atoms with van der Waals surface area (Å²) in [7, 11) is 0. The van der Waals surface area contributed by atoms with E-state index in [0.29, 0.717) is 6.54 Å². The highest BCUT2D eigenvalue weighted by atomic mass is 32.1. The summed E-state index contributed by atoms with van der Waals surface area (Å²) in [4.78, 5) is 0.908. The van der Waals surface area contributed by atoms with Crippen molar-refractivity contribution in [1.82, 2.24) is 4.37 Å². The molecule has 1 aromatic rings. The molecule has 12 heavy (non-hydrogen) atoms. The summed E-state index contributed by atoms with van der Waals surface area (Å²) in [6.07, 6.45) is -0.457. The lowest BCUT2D eigenvalue weighted by molar-refractivity contribution is 0.125. The van der Waals surface area contributed by atoms with Gasteiger partial charge in [-0.3, -0.25) is 0 Å². The molecule has 0 radical (unpaired) electrons. The summed E-state index contributed by atoms with van der Waals surface area (Å²) in [5.74, 6) is 0.102. The Bertz CT molecular complexity index is 249. The minimum absolute atomic E-state index is 0.102. The highest BCUT2D eigenvalue weighted by molar-refractivity contribution is 7.05. The summed E-state index contributed by atoms with van der Waals surface area (Å²) in [5, 5.41) is 9.69. The molecular weight excluding hydrogens is 172 g/mol. The van der Waals surface area contributed by atoms with Crippen molar-refractivity contribution in [2.75, 3.05) is 6.54 Å². The lowest BCUT2D eigenvalue weighted by Gasteiger charge is -2.14. The molecule has 68 valence electrons. The number of aliphatic hydroxyl groups is 1. The molecule has 3 N–H and O–H groups in total. The fourth-order valence-corrected chi connectivity index (χ4v) is 1.80. The monoisotopic (exact) mass is 186 g/mol. The number of nitrogens with zero attached hydrogens (tertiary/aromatic N) is 1. The molecule has 0 spiro atoms. The average molecular weight is 186 g/mol. The predicted molar refractivity (Wildman–Crippen MR) is 50.0 cm³/mol. The van der Waals surface area contributed by atoms with Crippen LogP contribution in [0.3, 0.4) is 0 Å². The lowest BCUT2D eigenvalue weighted by Crippen LogP contribution is -2.17. The van der Waals surface area contributed by atoms with Gasteiger partial charge in [0.25, 0.3) is 0 Å². The Morgan fingerprint density at radius 1 is 1.75 bits per heavy atom. The molecule has 0 aromatic carbocycles. The molecule has 0 bridgehead atoms. The fourth-order valence-electron chi connectivity index (χ4n) is 0.932.